The van der Waals surface area contributed by atoms with Crippen molar-refractivity contribution >= 4 is 12.1 Å². The molecule has 1 rings (SSSR count). The molecule has 0 aromatic rings. The van der Waals surface area contributed by atoms with E-state index in [9.17, 15) is 9.59 Å². The molecule has 1 saturated heterocycles. The zero-order valence-corrected chi connectivity index (χ0v) is 10.6. The van der Waals surface area contributed by atoms with Crippen LogP contribution in [-0.2, 0) is 19.0 Å². The quantitative estimate of drug-likeness (QED) is 0.586. The minimum atomic E-state index is -0.787. The van der Waals surface area contributed by atoms with Gasteiger partial charge in [-0.1, -0.05) is 0 Å². The highest BCUT2D eigenvalue weighted by molar-refractivity contribution is 5.82. The van der Waals surface area contributed by atoms with Gasteiger partial charge in [0.2, 0.25) is 0 Å². The Morgan fingerprint density at radius 1 is 1.47 bits per heavy atom. The normalized spacial score (nSPS) is 20.4. The minimum Gasteiger partial charge on any atom is -0.464 e. The molecule has 6 nitrogen and oxygen atoms in total. The van der Waals surface area contributed by atoms with Crippen LogP contribution in [0.3, 0.4) is 0 Å². The van der Waals surface area contributed by atoms with Gasteiger partial charge in [0.1, 0.15) is 11.7 Å². The second-order valence-corrected chi connectivity index (χ2v) is 4.75. The lowest BCUT2D eigenvalue weighted by Crippen LogP contribution is -2.47. The van der Waals surface area contributed by atoms with E-state index in [4.69, 9.17) is 14.2 Å². The fraction of sp³-hybridized carbons (Fsp3) is 0.818. The second kappa shape index (κ2) is 5.35. The SMILES string of the molecule is CCOC(=O)[C@@H](NC(=O)OC(C)(C)C)C1CO1. The topological polar surface area (TPSA) is 77.2 Å². The van der Waals surface area contributed by atoms with E-state index in [0.717, 1.165) is 0 Å². The summed E-state index contributed by atoms with van der Waals surface area (Å²) in [5.74, 6) is -0.499. The molecule has 0 bridgehead atoms. The van der Waals surface area contributed by atoms with E-state index in [1.54, 1.807) is 27.7 Å². The summed E-state index contributed by atoms with van der Waals surface area (Å²) in [4.78, 5) is 23.1. The molecule has 2 atom stereocenters. The summed E-state index contributed by atoms with van der Waals surface area (Å²) < 4.78 is 14.9. The number of esters is 1. The van der Waals surface area contributed by atoms with Crippen LogP contribution in [0.1, 0.15) is 27.7 Å². The van der Waals surface area contributed by atoms with E-state index in [0.29, 0.717) is 6.61 Å². The number of amides is 1. The Hall–Kier alpha value is -1.30. The molecule has 1 N–H and O–H groups in total. The fourth-order valence-corrected chi connectivity index (χ4v) is 1.22. The Labute approximate surface area is 101 Å². The van der Waals surface area contributed by atoms with E-state index < -0.39 is 23.7 Å². The summed E-state index contributed by atoms with van der Waals surface area (Å²) in [5, 5.41) is 2.46. The number of ether oxygens (including phenoxy) is 3. The zero-order valence-electron chi connectivity index (χ0n) is 10.6. The standard InChI is InChI=1S/C11H19NO5/c1-5-15-9(13)8(7-6-16-7)12-10(14)17-11(2,3)4/h7-8H,5-6H2,1-4H3,(H,12,14)/t7?,8-/m0/s1. The van der Waals surface area contributed by atoms with Crippen molar-refractivity contribution in [3.8, 4) is 0 Å². The number of carbonyl (C=O) groups is 2. The molecule has 0 aromatic heterocycles. The predicted molar refractivity (Wildman–Crippen MR) is 59.5 cm³/mol. The number of carbonyl (C=O) groups excluding carboxylic acids is 2. The van der Waals surface area contributed by atoms with Gasteiger partial charge in [0.05, 0.1) is 13.2 Å². The van der Waals surface area contributed by atoms with Crippen molar-refractivity contribution in [2.75, 3.05) is 13.2 Å². The molecule has 1 heterocycles. The van der Waals surface area contributed by atoms with Crippen molar-refractivity contribution in [3.63, 3.8) is 0 Å². The number of alkyl carbamates (subject to hydrolysis) is 1. The molecule has 0 saturated carbocycles. The van der Waals surface area contributed by atoms with E-state index in [-0.39, 0.29) is 12.7 Å². The van der Waals surface area contributed by atoms with Crippen molar-refractivity contribution in [3.05, 3.63) is 0 Å². The molecule has 1 aliphatic rings. The van der Waals surface area contributed by atoms with Crippen LogP contribution in [0.2, 0.25) is 0 Å². The van der Waals surface area contributed by atoms with Gasteiger partial charge in [0.15, 0.2) is 6.04 Å². The summed E-state index contributed by atoms with van der Waals surface area (Å²) in [6.45, 7) is 7.66. The first-order valence-electron chi connectivity index (χ1n) is 5.61. The molecule has 1 unspecified atom stereocenters. The van der Waals surface area contributed by atoms with Gasteiger partial charge < -0.3 is 19.5 Å². The molecule has 1 aliphatic heterocycles. The van der Waals surface area contributed by atoms with Gasteiger partial charge in [0, 0.05) is 0 Å². The maximum Gasteiger partial charge on any atom is 0.408 e. The highest BCUT2D eigenvalue weighted by atomic mass is 16.6. The second-order valence-electron chi connectivity index (χ2n) is 4.75. The van der Waals surface area contributed by atoms with Crippen LogP contribution in [0.15, 0.2) is 0 Å². The summed E-state index contributed by atoms with van der Waals surface area (Å²) in [6, 6.07) is -0.787. The third-order valence-corrected chi connectivity index (χ3v) is 1.94. The zero-order chi connectivity index (χ0) is 13.1. The summed E-state index contributed by atoms with van der Waals surface area (Å²) in [5.41, 5.74) is -0.603. The smallest absolute Gasteiger partial charge is 0.408 e. The van der Waals surface area contributed by atoms with Crippen LogP contribution in [-0.4, -0.2) is 43.0 Å². The van der Waals surface area contributed by atoms with Crippen molar-refractivity contribution in [2.24, 2.45) is 0 Å². The first-order valence-corrected chi connectivity index (χ1v) is 5.61. The van der Waals surface area contributed by atoms with Crippen molar-refractivity contribution < 1.29 is 23.8 Å². The fourth-order valence-electron chi connectivity index (χ4n) is 1.22. The van der Waals surface area contributed by atoms with Gasteiger partial charge in [-0.15, -0.1) is 0 Å². The van der Waals surface area contributed by atoms with Gasteiger partial charge >= 0.3 is 12.1 Å². The van der Waals surface area contributed by atoms with Gasteiger partial charge in [-0.3, -0.25) is 0 Å². The lowest BCUT2D eigenvalue weighted by Gasteiger charge is -2.22. The van der Waals surface area contributed by atoms with Crippen molar-refractivity contribution in [1.82, 2.24) is 5.32 Å². The number of hydrogen-bond donors (Lipinski definition) is 1. The van der Waals surface area contributed by atoms with E-state index in [2.05, 4.69) is 5.32 Å². The minimum absolute atomic E-state index is 0.262. The van der Waals surface area contributed by atoms with Crippen LogP contribution in [0.25, 0.3) is 0 Å². The molecule has 6 heteroatoms. The summed E-state index contributed by atoms with van der Waals surface area (Å²) in [7, 11) is 0. The van der Waals surface area contributed by atoms with Crippen LogP contribution in [0, 0.1) is 0 Å². The maximum absolute atomic E-state index is 11.6. The molecule has 1 amide bonds. The van der Waals surface area contributed by atoms with Crippen molar-refractivity contribution in [2.45, 2.75) is 45.4 Å². The van der Waals surface area contributed by atoms with Crippen LogP contribution in [0.5, 0.6) is 0 Å². The molecule has 0 spiro atoms. The van der Waals surface area contributed by atoms with Crippen molar-refractivity contribution in [1.29, 1.82) is 0 Å². The lowest BCUT2D eigenvalue weighted by atomic mass is 10.2. The number of nitrogens with one attached hydrogen (secondary N) is 1. The maximum atomic E-state index is 11.6. The predicted octanol–water partition coefficient (Wildman–Crippen LogP) is 0.842. The van der Waals surface area contributed by atoms with Crippen LogP contribution >= 0.6 is 0 Å². The molecule has 17 heavy (non-hydrogen) atoms. The molecule has 0 radical (unpaired) electrons. The molecule has 98 valence electrons. The summed E-state index contributed by atoms with van der Waals surface area (Å²) >= 11 is 0. The highest BCUT2D eigenvalue weighted by Crippen LogP contribution is 2.16. The van der Waals surface area contributed by atoms with E-state index in [1.807, 2.05) is 0 Å². The van der Waals surface area contributed by atoms with Crippen LogP contribution < -0.4 is 5.32 Å². The first-order chi connectivity index (χ1) is 7.83. The molecule has 0 aliphatic carbocycles. The lowest BCUT2D eigenvalue weighted by molar-refractivity contribution is -0.146. The highest BCUT2D eigenvalue weighted by Gasteiger charge is 2.40. The number of epoxide rings is 1. The van der Waals surface area contributed by atoms with Gasteiger partial charge in [-0.05, 0) is 27.7 Å². The third-order valence-electron chi connectivity index (χ3n) is 1.94. The average molecular weight is 245 g/mol. The molecular formula is C11H19NO5. The Bertz CT molecular complexity index is 293. The van der Waals surface area contributed by atoms with Gasteiger partial charge in [-0.25, -0.2) is 9.59 Å². The van der Waals surface area contributed by atoms with E-state index >= 15 is 0 Å². The monoisotopic (exact) mass is 245 g/mol. The molecule has 1 fully saturated rings. The Morgan fingerprint density at radius 2 is 2.06 bits per heavy atom. The Morgan fingerprint density at radius 3 is 2.47 bits per heavy atom. The summed E-state index contributed by atoms with van der Waals surface area (Å²) in [6.07, 6.45) is -0.951. The number of hydrogen-bond acceptors (Lipinski definition) is 5. The van der Waals surface area contributed by atoms with E-state index in [1.165, 1.54) is 0 Å². The first kappa shape index (κ1) is 13.8. The third kappa shape index (κ3) is 5.04. The van der Waals surface area contributed by atoms with Gasteiger partial charge in [0.25, 0.3) is 0 Å². The van der Waals surface area contributed by atoms with Gasteiger partial charge in [-0.2, -0.15) is 0 Å². The van der Waals surface area contributed by atoms with Crippen LogP contribution in [0.4, 0.5) is 4.79 Å². The number of rotatable bonds is 4. The molecule has 0 aromatic carbocycles. The average Bonchev–Trinajstić information content (AvgIpc) is 2.94. The largest absolute Gasteiger partial charge is 0.464 e. The Kier molecular flexibility index (Phi) is 4.34. The Balaban J connectivity index is 2.49. The molecular weight excluding hydrogens is 226 g/mol.